The average Bonchev–Trinajstić information content (AvgIpc) is 3.47. The molecule has 1 aliphatic heterocycles. The third-order valence-corrected chi connectivity index (χ3v) is 8.14. The van der Waals surface area contributed by atoms with Gasteiger partial charge < -0.3 is 10.1 Å². The van der Waals surface area contributed by atoms with Crippen molar-refractivity contribution in [3.63, 3.8) is 0 Å². The number of fused-ring (bicyclic) bond motifs is 4. The van der Waals surface area contributed by atoms with E-state index in [0.29, 0.717) is 18.5 Å². The number of aryl methyl sites for hydroxylation is 1. The van der Waals surface area contributed by atoms with Crippen LogP contribution >= 0.6 is 11.3 Å². The lowest BCUT2D eigenvalue weighted by Gasteiger charge is -2.24. The first-order chi connectivity index (χ1) is 15.8. The second-order valence-electron chi connectivity index (χ2n) is 9.08. The summed E-state index contributed by atoms with van der Waals surface area (Å²) in [5.41, 5.74) is 2.47. The summed E-state index contributed by atoms with van der Waals surface area (Å²) < 4.78 is 7.28. The van der Waals surface area contributed by atoms with Crippen molar-refractivity contribution in [2.75, 3.05) is 19.8 Å². The SMILES string of the molecule is O=c1c2c3c(sc2ncn1Cc1cccc2ccccc12)CC(NCC1CCOC1)CC3. The first kappa shape index (κ1) is 20.1. The molecular formula is C26H27N3O2S. The molecule has 2 aromatic carbocycles. The van der Waals surface area contributed by atoms with Crippen LogP contribution in [0.4, 0.5) is 0 Å². The van der Waals surface area contributed by atoms with Crippen molar-refractivity contribution in [1.29, 1.82) is 0 Å². The Morgan fingerprint density at radius 3 is 2.97 bits per heavy atom. The number of nitrogens with one attached hydrogen (secondary N) is 1. The van der Waals surface area contributed by atoms with Gasteiger partial charge in [-0.2, -0.15) is 0 Å². The Morgan fingerprint density at radius 1 is 1.16 bits per heavy atom. The van der Waals surface area contributed by atoms with Gasteiger partial charge in [0, 0.05) is 24.1 Å². The molecule has 1 aliphatic carbocycles. The largest absolute Gasteiger partial charge is 0.381 e. The van der Waals surface area contributed by atoms with Gasteiger partial charge in [0.05, 0.1) is 24.9 Å². The van der Waals surface area contributed by atoms with E-state index < -0.39 is 0 Å². The summed E-state index contributed by atoms with van der Waals surface area (Å²) in [5.74, 6) is 0.641. The maximum Gasteiger partial charge on any atom is 0.262 e. The molecule has 32 heavy (non-hydrogen) atoms. The first-order valence-corrected chi connectivity index (χ1v) is 12.4. The number of nitrogens with zero attached hydrogens (tertiary/aromatic N) is 2. The van der Waals surface area contributed by atoms with Crippen LogP contribution in [-0.4, -0.2) is 35.4 Å². The summed E-state index contributed by atoms with van der Waals surface area (Å²) in [5, 5.41) is 6.98. The molecule has 1 saturated heterocycles. The first-order valence-electron chi connectivity index (χ1n) is 11.5. The standard InChI is InChI=1S/C26H27N3O2S/c30-26-24-22-9-8-20(27-13-17-10-11-31-15-17)12-23(22)32-25(24)28-16-29(26)14-19-6-3-5-18-4-1-2-7-21(18)19/h1-7,16-17,20,27H,8-15H2. The fourth-order valence-corrected chi connectivity index (χ4v) is 6.44. The van der Waals surface area contributed by atoms with E-state index in [1.165, 1.54) is 21.2 Å². The van der Waals surface area contributed by atoms with E-state index in [4.69, 9.17) is 9.72 Å². The molecule has 2 aliphatic rings. The number of benzene rings is 2. The Hall–Kier alpha value is -2.54. The molecule has 0 amide bonds. The summed E-state index contributed by atoms with van der Waals surface area (Å²) in [6.45, 7) is 3.35. The van der Waals surface area contributed by atoms with Crippen molar-refractivity contribution in [2.24, 2.45) is 5.92 Å². The van der Waals surface area contributed by atoms with E-state index in [9.17, 15) is 4.79 Å². The highest BCUT2D eigenvalue weighted by Gasteiger charge is 2.26. The van der Waals surface area contributed by atoms with Gasteiger partial charge in [-0.1, -0.05) is 42.5 Å². The van der Waals surface area contributed by atoms with Crippen molar-refractivity contribution in [2.45, 2.75) is 38.3 Å². The Balaban J connectivity index is 1.28. The fourth-order valence-electron chi connectivity index (χ4n) is 5.18. The van der Waals surface area contributed by atoms with Gasteiger partial charge in [-0.3, -0.25) is 9.36 Å². The second-order valence-corrected chi connectivity index (χ2v) is 10.2. The molecule has 1 fully saturated rings. The number of aromatic nitrogens is 2. The Kier molecular flexibility index (Phi) is 5.29. The van der Waals surface area contributed by atoms with E-state index in [2.05, 4.69) is 41.7 Å². The number of rotatable bonds is 5. The zero-order valence-corrected chi connectivity index (χ0v) is 18.9. The van der Waals surface area contributed by atoms with Gasteiger partial charge in [0.1, 0.15) is 4.83 Å². The zero-order chi connectivity index (χ0) is 21.5. The fraction of sp³-hybridized carbons (Fsp3) is 0.385. The van der Waals surface area contributed by atoms with Crippen molar-refractivity contribution < 1.29 is 4.74 Å². The molecule has 1 N–H and O–H groups in total. The highest BCUT2D eigenvalue weighted by molar-refractivity contribution is 7.18. The number of thiophene rings is 1. The van der Waals surface area contributed by atoms with Crippen LogP contribution in [0, 0.1) is 5.92 Å². The van der Waals surface area contributed by atoms with Gasteiger partial charge >= 0.3 is 0 Å². The number of hydrogen-bond acceptors (Lipinski definition) is 5. The number of hydrogen-bond donors (Lipinski definition) is 1. The molecule has 2 aromatic heterocycles. The van der Waals surface area contributed by atoms with Crippen LogP contribution in [0.1, 0.15) is 28.8 Å². The molecule has 2 unspecified atom stereocenters. The van der Waals surface area contributed by atoms with Gasteiger partial charge in [-0.15, -0.1) is 11.3 Å². The molecule has 0 spiro atoms. The Labute approximate surface area is 191 Å². The Morgan fingerprint density at radius 2 is 2.06 bits per heavy atom. The van der Waals surface area contributed by atoms with Crippen molar-refractivity contribution in [3.05, 3.63) is 75.1 Å². The predicted octanol–water partition coefficient (Wildman–Crippen LogP) is 4.14. The molecule has 6 rings (SSSR count). The lowest BCUT2D eigenvalue weighted by Crippen LogP contribution is -2.37. The predicted molar refractivity (Wildman–Crippen MR) is 130 cm³/mol. The molecule has 3 heterocycles. The third kappa shape index (κ3) is 3.66. The molecule has 164 valence electrons. The van der Waals surface area contributed by atoms with E-state index in [1.54, 1.807) is 22.2 Å². The summed E-state index contributed by atoms with van der Waals surface area (Å²) in [7, 11) is 0. The van der Waals surface area contributed by atoms with E-state index in [1.807, 2.05) is 6.07 Å². The third-order valence-electron chi connectivity index (χ3n) is 6.98. The van der Waals surface area contributed by atoms with Crippen LogP contribution in [-0.2, 0) is 24.1 Å². The van der Waals surface area contributed by atoms with Gasteiger partial charge in [-0.25, -0.2) is 4.98 Å². The Bertz CT molecular complexity index is 1330. The maximum atomic E-state index is 13.5. The maximum absolute atomic E-state index is 13.5. The van der Waals surface area contributed by atoms with Crippen LogP contribution in [0.3, 0.4) is 0 Å². The van der Waals surface area contributed by atoms with Crippen molar-refractivity contribution >= 4 is 32.3 Å². The second kappa shape index (κ2) is 8.43. The van der Waals surface area contributed by atoms with Gasteiger partial charge in [0.2, 0.25) is 0 Å². The van der Waals surface area contributed by atoms with Gasteiger partial charge in [0.25, 0.3) is 5.56 Å². The average molecular weight is 446 g/mol. The molecule has 4 aromatic rings. The minimum Gasteiger partial charge on any atom is -0.381 e. The quantitative estimate of drug-likeness (QED) is 0.502. The van der Waals surface area contributed by atoms with E-state index >= 15 is 0 Å². The normalized spacial score (nSPS) is 20.8. The molecule has 0 saturated carbocycles. The zero-order valence-electron chi connectivity index (χ0n) is 18.0. The molecule has 0 radical (unpaired) electrons. The van der Waals surface area contributed by atoms with Crippen LogP contribution in [0.2, 0.25) is 0 Å². The molecule has 6 heteroatoms. The van der Waals surface area contributed by atoms with Gasteiger partial charge in [0.15, 0.2) is 0 Å². The van der Waals surface area contributed by atoms with E-state index in [0.717, 1.165) is 61.2 Å². The lowest BCUT2D eigenvalue weighted by molar-refractivity contribution is 0.184. The summed E-state index contributed by atoms with van der Waals surface area (Å²) in [6, 6.07) is 15.1. The topological polar surface area (TPSA) is 56.2 Å². The molecular weight excluding hydrogens is 418 g/mol. The van der Waals surface area contributed by atoms with Crippen molar-refractivity contribution in [1.82, 2.24) is 14.9 Å². The summed E-state index contributed by atoms with van der Waals surface area (Å²) in [6.07, 6.45) is 5.90. The number of ether oxygens (including phenoxy) is 1. The lowest BCUT2D eigenvalue weighted by atomic mass is 9.92. The highest BCUT2D eigenvalue weighted by Crippen LogP contribution is 2.34. The minimum atomic E-state index is 0.0925. The van der Waals surface area contributed by atoms with Crippen LogP contribution < -0.4 is 10.9 Å². The minimum absolute atomic E-state index is 0.0925. The highest BCUT2D eigenvalue weighted by atomic mass is 32.1. The van der Waals surface area contributed by atoms with Crippen LogP contribution in [0.25, 0.3) is 21.0 Å². The monoisotopic (exact) mass is 445 g/mol. The van der Waals surface area contributed by atoms with E-state index in [-0.39, 0.29) is 5.56 Å². The molecule has 5 nitrogen and oxygen atoms in total. The van der Waals surface area contributed by atoms with Crippen molar-refractivity contribution in [3.8, 4) is 0 Å². The molecule has 2 atom stereocenters. The smallest absolute Gasteiger partial charge is 0.262 e. The summed E-state index contributed by atoms with van der Waals surface area (Å²) in [4.78, 5) is 20.4. The van der Waals surface area contributed by atoms with Gasteiger partial charge in [-0.05, 0) is 53.5 Å². The van der Waals surface area contributed by atoms with Crippen LogP contribution in [0.15, 0.2) is 53.6 Å². The summed E-state index contributed by atoms with van der Waals surface area (Å²) >= 11 is 1.70. The molecule has 0 bridgehead atoms. The van der Waals surface area contributed by atoms with Crippen LogP contribution in [0.5, 0.6) is 0 Å².